The van der Waals surface area contributed by atoms with Crippen molar-refractivity contribution in [3.05, 3.63) is 188 Å². The van der Waals surface area contributed by atoms with E-state index in [2.05, 4.69) is 124 Å². The van der Waals surface area contributed by atoms with Gasteiger partial charge in [0.1, 0.15) is 11.2 Å². The Balaban J connectivity index is 1.10. The lowest BCUT2D eigenvalue weighted by atomic mass is 10.1. The van der Waals surface area contributed by atoms with Crippen molar-refractivity contribution in [3.8, 4) is 45.5 Å². The largest absolute Gasteiger partial charge is 0.456 e. The molecule has 0 saturated heterocycles. The van der Waals surface area contributed by atoms with E-state index in [1.54, 1.807) is 0 Å². The van der Waals surface area contributed by atoms with Gasteiger partial charge in [0.15, 0.2) is 17.5 Å². The number of aromatic nitrogens is 5. The van der Waals surface area contributed by atoms with Crippen LogP contribution in [-0.2, 0) is 0 Å². The average Bonchev–Trinajstić information content (AvgIpc) is 3.92. The van der Waals surface area contributed by atoms with Gasteiger partial charge in [-0.25, -0.2) is 15.0 Å². The molecule has 0 atom stereocenters. The molecule has 0 spiro atoms. The fourth-order valence-electron chi connectivity index (χ4n) is 8.53. The molecule has 12 rings (SSSR count). The van der Waals surface area contributed by atoms with Gasteiger partial charge in [-0.05, 0) is 72.8 Å². The van der Waals surface area contributed by atoms with Gasteiger partial charge >= 0.3 is 0 Å². The Kier molecular flexibility index (Phi) is 6.83. The van der Waals surface area contributed by atoms with E-state index in [1.807, 2.05) is 72.8 Å². The van der Waals surface area contributed by atoms with Crippen LogP contribution in [0.1, 0.15) is 0 Å². The first-order valence-corrected chi connectivity index (χ1v) is 19.1. The van der Waals surface area contributed by atoms with Gasteiger partial charge in [-0.15, -0.1) is 0 Å². The quantitative estimate of drug-likeness (QED) is 0.177. The normalized spacial score (nSPS) is 11.9. The zero-order valence-corrected chi connectivity index (χ0v) is 30.5. The van der Waals surface area contributed by atoms with Gasteiger partial charge in [-0.1, -0.05) is 115 Å². The van der Waals surface area contributed by atoms with Gasteiger partial charge in [0.05, 0.1) is 22.1 Å². The summed E-state index contributed by atoms with van der Waals surface area (Å²) >= 11 is 0. The monoisotopic (exact) mass is 729 g/mol. The van der Waals surface area contributed by atoms with Crippen LogP contribution in [0.2, 0.25) is 0 Å². The summed E-state index contributed by atoms with van der Waals surface area (Å²) in [6, 6.07) is 65.6. The fraction of sp³-hybridized carbons (Fsp3) is 0. The number of furan rings is 1. The Morgan fingerprint density at radius 1 is 0.298 bits per heavy atom. The van der Waals surface area contributed by atoms with Gasteiger partial charge in [0.2, 0.25) is 0 Å². The van der Waals surface area contributed by atoms with Gasteiger partial charge in [-0.2, -0.15) is 0 Å². The van der Waals surface area contributed by atoms with Crippen molar-refractivity contribution in [3.63, 3.8) is 0 Å². The standard InChI is InChI=1S/C51H31N5O/c1-4-14-32(15-5-1)49-52-50(33-16-6-2-7-17-33)54-51(53-49)34-24-26-36(27-25-34)56-45-28-39-37-20-10-12-22-43(37)55(35-18-8-3-9-19-35)44(39)29-40(45)41-31-48-42(30-46(41)56)38-21-11-13-23-47(38)57-48/h1-31H. The van der Waals surface area contributed by atoms with Crippen LogP contribution in [0.25, 0.3) is 111 Å². The third kappa shape index (κ3) is 4.94. The fourth-order valence-corrected chi connectivity index (χ4v) is 8.53. The molecule has 8 aromatic carbocycles. The lowest BCUT2D eigenvalue weighted by Crippen LogP contribution is -2.00. The average molecular weight is 730 g/mol. The number of para-hydroxylation sites is 3. The van der Waals surface area contributed by atoms with Crippen LogP contribution < -0.4 is 0 Å². The van der Waals surface area contributed by atoms with Crippen LogP contribution in [0.15, 0.2) is 192 Å². The molecular formula is C51H31N5O. The van der Waals surface area contributed by atoms with Crippen LogP contribution >= 0.6 is 0 Å². The molecule has 0 radical (unpaired) electrons. The van der Waals surface area contributed by atoms with Gasteiger partial charge < -0.3 is 13.6 Å². The van der Waals surface area contributed by atoms with Crippen LogP contribution in [0.3, 0.4) is 0 Å². The van der Waals surface area contributed by atoms with Crippen molar-refractivity contribution >= 4 is 65.6 Å². The summed E-state index contributed by atoms with van der Waals surface area (Å²) in [6.45, 7) is 0. The Labute approximate surface area is 326 Å². The number of hydrogen-bond donors (Lipinski definition) is 0. The van der Waals surface area contributed by atoms with E-state index in [0.717, 1.165) is 77.3 Å². The number of fused-ring (bicyclic) bond motifs is 9. The minimum absolute atomic E-state index is 0.624. The van der Waals surface area contributed by atoms with Crippen LogP contribution in [-0.4, -0.2) is 24.1 Å². The van der Waals surface area contributed by atoms with Crippen LogP contribution in [0, 0.1) is 0 Å². The molecule has 0 aliphatic heterocycles. The third-order valence-electron chi connectivity index (χ3n) is 11.2. The number of rotatable bonds is 5. The molecular weight excluding hydrogens is 699 g/mol. The summed E-state index contributed by atoms with van der Waals surface area (Å²) < 4.78 is 11.2. The lowest BCUT2D eigenvalue weighted by molar-refractivity contribution is 0.669. The summed E-state index contributed by atoms with van der Waals surface area (Å²) in [7, 11) is 0. The molecule has 6 heteroatoms. The molecule has 12 aromatic rings. The second-order valence-corrected chi connectivity index (χ2v) is 14.5. The van der Waals surface area contributed by atoms with E-state index in [4.69, 9.17) is 19.4 Å². The van der Waals surface area contributed by atoms with Crippen molar-refractivity contribution in [2.45, 2.75) is 0 Å². The minimum atomic E-state index is 0.624. The summed E-state index contributed by atoms with van der Waals surface area (Å²) in [6.07, 6.45) is 0. The summed E-state index contributed by atoms with van der Waals surface area (Å²) in [5.74, 6) is 1.90. The molecule has 0 aliphatic rings. The minimum Gasteiger partial charge on any atom is -0.456 e. The van der Waals surface area contributed by atoms with E-state index < -0.39 is 0 Å². The molecule has 0 aliphatic carbocycles. The summed E-state index contributed by atoms with van der Waals surface area (Å²) in [5, 5.41) is 6.89. The predicted octanol–water partition coefficient (Wildman–Crippen LogP) is 13.0. The maximum absolute atomic E-state index is 6.47. The highest BCUT2D eigenvalue weighted by atomic mass is 16.3. The van der Waals surface area contributed by atoms with Gasteiger partial charge in [0.25, 0.3) is 0 Å². The topological polar surface area (TPSA) is 61.7 Å². The molecule has 0 amide bonds. The van der Waals surface area contributed by atoms with Crippen molar-refractivity contribution in [1.29, 1.82) is 0 Å². The Morgan fingerprint density at radius 3 is 1.37 bits per heavy atom. The molecule has 0 saturated carbocycles. The van der Waals surface area contributed by atoms with E-state index in [-0.39, 0.29) is 0 Å². The first kappa shape index (κ1) is 31.5. The Hall–Kier alpha value is -7.83. The number of nitrogens with zero attached hydrogens (tertiary/aromatic N) is 5. The molecule has 4 heterocycles. The Bertz CT molecular complexity index is 3430. The highest BCUT2D eigenvalue weighted by Crippen LogP contribution is 2.42. The maximum Gasteiger partial charge on any atom is 0.164 e. The summed E-state index contributed by atoms with van der Waals surface area (Å²) in [4.78, 5) is 14.9. The van der Waals surface area contributed by atoms with Gasteiger partial charge in [0, 0.05) is 60.4 Å². The lowest BCUT2D eigenvalue weighted by Gasteiger charge is -2.11. The zero-order chi connectivity index (χ0) is 37.5. The smallest absolute Gasteiger partial charge is 0.164 e. The molecule has 266 valence electrons. The first-order valence-electron chi connectivity index (χ1n) is 19.1. The summed E-state index contributed by atoms with van der Waals surface area (Å²) in [5.41, 5.74) is 11.3. The third-order valence-corrected chi connectivity index (χ3v) is 11.2. The second-order valence-electron chi connectivity index (χ2n) is 14.5. The molecule has 0 fully saturated rings. The molecule has 4 aromatic heterocycles. The van der Waals surface area contributed by atoms with Gasteiger partial charge in [-0.3, -0.25) is 0 Å². The van der Waals surface area contributed by atoms with Crippen molar-refractivity contribution in [1.82, 2.24) is 24.1 Å². The number of hydrogen-bond acceptors (Lipinski definition) is 4. The number of benzene rings is 8. The van der Waals surface area contributed by atoms with Crippen LogP contribution in [0.5, 0.6) is 0 Å². The van der Waals surface area contributed by atoms with E-state index >= 15 is 0 Å². The molecule has 0 bridgehead atoms. The Morgan fingerprint density at radius 2 is 0.737 bits per heavy atom. The zero-order valence-electron chi connectivity index (χ0n) is 30.5. The molecule has 6 nitrogen and oxygen atoms in total. The van der Waals surface area contributed by atoms with Crippen molar-refractivity contribution < 1.29 is 4.42 Å². The second kappa shape index (κ2) is 12.3. The SMILES string of the molecule is c1ccc(-c2nc(-c3ccccc3)nc(-c3ccc(-n4c5cc6c(cc5c5cc7c(cc54)c4ccccc4n7-c4ccccc4)oc4ccccc46)cc3)n2)cc1. The highest BCUT2D eigenvalue weighted by molar-refractivity contribution is 6.21. The van der Waals surface area contributed by atoms with Crippen molar-refractivity contribution in [2.24, 2.45) is 0 Å². The predicted molar refractivity (Wildman–Crippen MR) is 232 cm³/mol. The van der Waals surface area contributed by atoms with Crippen LogP contribution in [0.4, 0.5) is 0 Å². The van der Waals surface area contributed by atoms with E-state index in [0.29, 0.717) is 17.5 Å². The molecule has 0 unspecified atom stereocenters. The molecule has 0 N–H and O–H groups in total. The van der Waals surface area contributed by atoms with Crippen molar-refractivity contribution in [2.75, 3.05) is 0 Å². The van der Waals surface area contributed by atoms with E-state index in [1.165, 1.54) is 16.3 Å². The maximum atomic E-state index is 6.47. The van der Waals surface area contributed by atoms with E-state index in [9.17, 15) is 0 Å². The highest BCUT2D eigenvalue weighted by Gasteiger charge is 2.21. The first-order chi connectivity index (χ1) is 28.2. The molecule has 57 heavy (non-hydrogen) atoms.